The predicted octanol–water partition coefficient (Wildman–Crippen LogP) is 0.486. The van der Waals surface area contributed by atoms with Crippen molar-refractivity contribution in [2.75, 3.05) is 13.2 Å². The van der Waals surface area contributed by atoms with Crippen LogP contribution < -0.4 is 0 Å². The Hall–Kier alpha value is -1.23. The van der Waals surface area contributed by atoms with Crippen LogP contribution in [0.5, 0.6) is 0 Å². The number of carbonyl (C=O) groups excluding carboxylic acids is 3. The summed E-state index contributed by atoms with van der Waals surface area (Å²) in [4.78, 5) is 33.8. The topological polar surface area (TPSA) is 80.7 Å². The Morgan fingerprint density at radius 1 is 1.19 bits per heavy atom. The molecule has 0 rings (SSSR count). The lowest BCUT2D eigenvalue weighted by atomic mass is 9.78. The van der Waals surface area contributed by atoms with E-state index in [1.165, 1.54) is 20.8 Å². The third-order valence-electron chi connectivity index (χ3n) is 2.74. The van der Waals surface area contributed by atoms with E-state index in [0.717, 1.165) is 0 Å². The molecule has 0 aromatic carbocycles. The number of ether oxygens (including phenoxy) is 1. The van der Waals surface area contributed by atoms with Gasteiger partial charge in [-0.2, -0.15) is 0 Å². The lowest BCUT2D eigenvalue weighted by Gasteiger charge is -2.22. The van der Waals surface area contributed by atoms with Gasteiger partial charge in [0.1, 0.15) is 18.2 Å². The molecule has 0 aromatic rings. The van der Waals surface area contributed by atoms with Gasteiger partial charge in [-0.25, -0.2) is 0 Å². The molecule has 92 valence electrons. The Balaban J connectivity index is 4.29. The van der Waals surface area contributed by atoms with E-state index in [9.17, 15) is 14.4 Å². The Bertz CT molecular complexity index is 268. The minimum Gasteiger partial charge on any atom is -0.463 e. The van der Waals surface area contributed by atoms with Crippen molar-refractivity contribution in [3.8, 4) is 0 Å². The molecule has 0 saturated carbocycles. The highest BCUT2D eigenvalue weighted by molar-refractivity contribution is 6.04. The van der Waals surface area contributed by atoms with E-state index in [1.807, 2.05) is 0 Å². The highest BCUT2D eigenvalue weighted by Crippen LogP contribution is 2.25. The molecule has 1 N–H and O–H groups in total. The first kappa shape index (κ1) is 14.8. The highest BCUT2D eigenvalue weighted by atomic mass is 16.5. The van der Waals surface area contributed by atoms with Crippen LogP contribution in [-0.2, 0) is 19.1 Å². The number of carbonyl (C=O) groups is 3. The summed E-state index contributed by atoms with van der Waals surface area (Å²) in [5.41, 5.74) is -1.11. The number of Topliss-reactive ketones (excluding diaryl/α,β-unsaturated/α-hetero) is 2. The summed E-state index contributed by atoms with van der Waals surface area (Å²) in [6.45, 7) is 3.90. The number of hydrogen-bond donors (Lipinski definition) is 1. The molecule has 0 atom stereocenters. The fraction of sp³-hybridized carbons (Fsp3) is 0.727. The zero-order valence-corrected chi connectivity index (χ0v) is 9.91. The van der Waals surface area contributed by atoms with Crippen molar-refractivity contribution in [3.05, 3.63) is 0 Å². The summed E-state index contributed by atoms with van der Waals surface area (Å²) in [5.74, 6) is -1.02. The van der Waals surface area contributed by atoms with Gasteiger partial charge >= 0.3 is 5.97 Å². The fourth-order valence-corrected chi connectivity index (χ4v) is 1.18. The van der Waals surface area contributed by atoms with Crippen molar-refractivity contribution in [2.24, 2.45) is 5.41 Å². The highest BCUT2D eigenvalue weighted by Gasteiger charge is 2.35. The van der Waals surface area contributed by atoms with Gasteiger partial charge < -0.3 is 9.84 Å². The van der Waals surface area contributed by atoms with E-state index in [0.29, 0.717) is 0 Å². The molecule has 0 unspecified atom stereocenters. The molecule has 0 aliphatic carbocycles. The number of aliphatic hydroxyl groups is 1. The van der Waals surface area contributed by atoms with Crippen LogP contribution >= 0.6 is 0 Å². The van der Waals surface area contributed by atoms with Crippen molar-refractivity contribution in [1.29, 1.82) is 0 Å². The lowest BCUT2D eigenvalue weighted by molar-refractivity contribution is -0.146. The molecule has 0 heterocycles. The molecule has 0 aliphatic rings. The molecule has 0 saturated heterocycles. The molecular weight excluding hydrogens is 212 g/mol. The van der Waals surface area contributed by atoms with Gasteiger partial charge in [-0.1, -0.05) is 0 Å². The van der Waals surface area contributed by atoms with Crippen molar-refractivity contribution in [1.82, 2.24) is 0 Å². The van der Waals surface area contributed by atoms with Crippen molar-refractivity contribution >= 4 is 17.5 Å². The van der Waals surface area contributed by atoms with Gasteiger partial charge in [0.15, 0.2) is 0 Å². The third-order valence-corrected chi connectivity index (χ3v) is 2.74. The molecule has 0 bridgehead atoms. The predicted molar refractivity (Wildman–Crippen MR) is 56.7 cm³/mol. The Labute approximate surface area is 94.8 Å². The van der Waals surface area contributed by atoms with Gasteiger partial charge in [-0.05, 0) is 27.2 Å². The second kappa shape index (κ2) is 6.37. The van der Waals surface area contributed by atoms with E-state index in [2.05, 4.69) is 4.74 Å². The maximum absolute atomic E-state index is 11.3. The van der Waals surface area contributed by atoms with E-state index in [-0.39, 0.29) is 37.6 Å². The quantitative estimate of drug-likeness (QED) is 0.508. The number of ketones is 2. The van der Waals surface area contributed by atoms with Gasteiger partial charge in [0.05, 0.1) is 12.0 Å². The average Bonchev–Trinajstić information content (AvgIpc) is 2.22. The molecule has 0 aromatic heterocycles. The number of hydrogen-bond acceptors (Lipinski definition) is 5. The zero-order valence-electron chi connectivity index (χ0n) is 9.91. The van der Waals surface area contributed by atoms with Crippen LogP contribution in [0.2, 0.25) is 0 Å². The largest absolute Gasteiger partial charge is 0.463 e. The average molecular weight is 230 g/mol. The van der Waals surface area contributed by atoms with Crippen LogP contribution in [0.3, 0.4) is 0 Å². The number of rotatable bonds is 7. The molecule has 5 nitrogen and oxygen atoms in total. The molecule has 5 heteroatoms. The zero-order chi connectivity index (χ0) is 12.8. The lowest BCUT2D eigenvalue weighted by Crippen LogP contribution is -2.34. The first-order valence-corrected chi connectivity index (χ1v) is 5.13. The van der Waals surface area contributed by atoms with Gasteiger partial charge in [-0.3, -0.25) is 14.4 Å². The van der Waals surface area contributed by atoms with Gasteiger partial charge in [0.2, 0.25) is 0 Å². The van der Waals surface area contributed by atoms with Gasteiger partial charge in [0.25, 0.3) is 0 Å². The number of esters is 1. The van der Waals surface area contributed by atoms with Crippen molar-refractivity contribution in [2.45, 2.75) is 33.6 Å². The normalized spacial score (nSPS) is 11.0. The van der Waals surface area contributed by atoms with Crippen LogP contribution in [0, 0.1) is 5.41 Å². The van der Waals surface area contributed by atoms with Crippen LogP contribution in [-0.4, -0.2) is 35.9 Å². The van der Waals surface area contributed by atoms with E-state index >= 15 is 0 Å². The smallest absolute Gasteiger partial charge is 0.305 e. The second-order valence-electron chi connectivity index (χ2n) is 3.89. The molecule has 0 spiro atoms. The van der Waals surface area contributed by atoms with Gasteiger partial charge in [0, 0.05) is 6.42 Å². The summed E-state index contributed by atoms with van der Waals surface area (Å²) in [5, 5.41) is 8.43. The fourth-order valence-electron chi connectivity index (χ4n) is 1.18. The SMILES string of the molecule is CC(=O)C(C)(CCC(=O)OCCO)C(C)=O. The molecular formula is C11H18O5. The van der Waals surface area contributed by atoms with Crippen LogP contribution in [0.15, 0.2) is 0 Å². The summed E-state index contributed by atoms with van der Waals surface area (Å²) in [7, 11) is 0. The Morgan fingerprint density at radius 2 is 1.69 bits per heavy atom. The van der Waals surface area contributed by atoms with Gasteiger partial charge in [-0.15, -0.1) is 0 Å². The summed E-state index contributed by atoms with van der Waals surface area (Å²) < 4.78 is 4.63. The standard InChI is InChI=1S/C11H18O5/c1-8(13)11(3,9(2)14)5-4-10(15)16-7-6-12/h12H,4-7H2,1-3H3. The molecule has 0 amide bonds. The third kappa shape index (κ3) is 4.10. The molecule has 0 aliphatic heterocycles. The number of aliphatic hydroxyl groups excluding tert-OH is 1. The Morgan fingerprint density at radius 3 is 2.06 bits per heavy atom. The first-order chi connectivity index (χ1) is 7.34. The maximum Gasteiger partial charge on any atom is 0.305 e. The Kier molecular flexibility index (Phi) is 5.88. The monoisotopic (exact) mass is 230 g/mol. The maximum atomic E-state index is 11.3. The molecule has 0 fully saturated rings. The van der Waals surface area contributed by atoms with Crippen LogP contribution in [0.25, 0.3) is 0 Å². The summed E-state index contributed by atoms with van der Waals surface area (Å²) in [6, 6.07) is 0. The van der Waals surface area contributed by atoms with Crippen LogP contribution in [0.4, 0.5) is 0 Å². The first-order valence-electron chi connectivity index (χ1n) is 5.13. The molecule has 16 heavy (non-hydrogen) atoms. The van der Waals surface area contributed by atoms with Crippen molar-refractivity contribution in [3.63, 3.8) is 0 Å². The summed E-state index contributed by atoms with van der Waals surface area (Å²) >= 11 is 0. The molecule has 0 radical (unpaired) electrons. The van der Waals surface area contributed by atoms with E-state index in [1.54, 1.807) is 0 Å². The minimum atomic E-state index is -1.11. The minimum absolute atomic E-state index is 0.00431. The van der Waals surface area contributed by atoms with E-state index < -0.39 is 11.4 Å². The van der Waals surface area contributed by atoms with Crippen molar-refractivity contribution < 1.29 is 24.2 Å². The van der Waals surface area contributed by atoms with Crippen LogP contribution in [0.1, 0.15) is 33.6 Å². The second-order valence-corrected chi connectivity index (χ2v) is 3.89. The van der Waals surface area contributed by atoms with E-state index in [4.69, 9.17) is 5.11 Å². The summed E-state index contributed by atoms with van der Waals surface area (Å²) in [6.07, 6.45) is 0.136.